The zero-order valence-electron chi connectivity index (χ0n) is 10.6. The molecule has 0 aliphatic carbocycles. The molecule has 0 atom stereocenters. The van der Waals surface area contributed by atoms with Gasteiger partial charge in [-0.05, 0) is 12.8 Å². The predicted octanol–water partition coefficient (Wildman–Crippen LogP) is 4.91. The number of hydrogen-bond acceptors (Lipinski definition) is 0. The Morgan fingerprint density at radius 3 is 1.86 bits per heavy atom. The van der Waals surface area contributed by atoms with E-state index in [0.29, 0.717) is 0 Å². The molecule has 0 saturated heterocycles. The minimum absolute atomic E-state index is 1.20. The second-order valence-corrected chi connectivity index (χ2v) is 3.85. The van der Waals surface area contributed by atoms with Crippen molar-refractivity contribution in [2.45, 2.75) is 70.3 Å². The van der Waals surface area contributed by atoms with Crippen LogP contribution in [0.15, 0.2) is 12.7 Å². The number of unbranched alkanes of at least 4 members (excludes halogenated alkanes) is 6. The van der Waals surface area contributed by atoms with Gasteiger partial charge in [-0.2, -0.15) is 0 Å². The van der Waals surface area contributed by atoms with Crippen LogP contribution in [0.4, 0.5) is 0 Å². The van der Waals surface area contributed by atoms with Crippen LogP contribution in [-0.2, 0) is 0 Å². The van der Waals surface area contributed by atoms with Gasteiger partial charge in [-0.3, -0.25) is 0 Å². The zero-order valence-corrected chi connectivity index (χ0v) is 10.6. The molecule has 14 heavy (non-hydrogen) atoms. The predicted molar refractivity (Wildman–Crippen MR) is 69.0 cm³/mol. The van der Waals surface area contributed by atoms with Crippen LogP contribution < -0.4 is 0 Å². The Balaban J connectivity index is 0. The summed E-state index contributed by atoms with van der Waals surface area (Å²) in [5.41, 5.74) is 0. The van der Waals surface area contributed by atoms with Gasteiger partial charge in [-0.1, -0.05) is 38.7 Å². The quantitative estimate of drug-likeness (QED) is 0.290. The topological polar surface area (TPSA) is 0 Å². The molecule has 0 N–H and O–H groups in total. The van der Waals surface area contributed by atoms with Crippen molar-refractivity contribution in [3.05, 3.63) is 12.7 Å². The van der Waals surface area contributed by atoms with Crippen molar-refractivity contribution in [3.63, 3.8) is 0 Å². The van der Waals surface area contributed by atoms with Crippen LogP contribution >= 0.6 is 0 Å². The van der Waals surface area contributed by atoms with E-state index in [1.807, 2.05) is 6.08 Å². The molecule has 0 unspecified atom stereocenters. The molecule has 0 bridgehead atoms. The molecular weight excluding hydrogens is 163 g/mol. The standard InChI is InChI=1S/C9H18.C4H9.Li/c1-3-5-7-9-8-6-4-2;1-3-4-2;/h3H,1,4-9H2,2H3;1,3-4H2,2H3;. The van der Waals surface area contributed by atoms with Gasteiger partial charge in [-0.25, -0.2) is 0 Å². The van der Waals surface area contributed by atoms with E-state index in [0.717, 1.165) is 0 Å². The van der Waals surface area contributed by atoms with Gasteiger partial charge in [0, 0.05) is 0 Å². The molecule has 0 aromatic heterocycles. The summed E-state index contributed by atoms with van der Waals surface area (Å²) in [6.07, 6.45) is 12.8. The maximum atomic E-state index is 3.68. The number of allylic oxidation sites excluding steroid dienone is 1. The van der Waals surface area contributed by atoms with Crippen molar-refractivity contribution in [1.29, 1.82) is 0 Å². The van der Waals surface area contributed by atoms with E-state index in [1.165, 1.54) is 56.5 Å². The molecule has 0 saturated carbocycles. The van der Waals surface area contributed by atoms with Crippen LogP contribution in [-0.4, -0.2) is 17.7 Å². The monoisotopic (exact) mass is 190 g/mol. The van der Waals surface area contributed by atoms with Crippen LogP contribution in [0.2, 0.25) is 5.09 Å². The summed E-state index contributed by atoms with van der Waals surface area (Å²) in [5.74, 6) is 0. The van der Waals surface area contributed by atoms with Crippen LogP contribution in [0.5, 0.6) is 0 Å². The van der Waals surface area contributed by atoms with Gasteiger partial charge in [0.2, 0.25) is 0 Å². The number of hydrogen-bond donors (Lipinski definition) is 0. The number of rotatable bonds is 8. The van der Waals surface area contributed by atoms with Crippen molar-refractivity contribution in [2.75, 3.05) is 0 Å². The third kappa shape index (κ3) is 22.8. The van der Waals surface area contributed by atoms with E-state index in [1.54, 1.807) is 0 Å². The molecule has 0 aliphatic heterocycles. The molecule has 80 valence electrons. The summed E-state index contributed by atoms with van der Waals surface area (Å²) in [6, 6.07) is 0. The summed E-state index contributed by atoms with van der Waals surface area (Å²) in [6.45, 7) is 8.13. The van der Waals surface area contributed by atoms with Crippen molar-refractivity contribution >= 4 is 17.7 Å². The molecule has 0 nitrogen and oxygen atoms in total. The Hall–Kier alpha value is 0.337. The second-order valence-electron chi connectivity index (χ2n) is 3.85. The Morgan fingerprint density at radius 1 is 0.929 bits per heavy atom. The molecule has 0 heterocycles. The van der Waals surface area contributed by atoms with Crippen molar-refractivity contribution in [3.8, 4) is 0 Å². The molecule has 0 radical (unpaired) electrons. The van der Waals surface area contributed by atoms with Gasteiger partial charge in [0.25, 0.3) is 0 Å². The molecule has 0 amide bonds. The fraction of sp³-hybridized carbons (Fsp3) is 0.846. The summed E-state index contributed by atoms with van der Waals surface area (Å²) >= 11 is 2.21. The fourth-order valence-electron chi connectivity index (χ4n) is 1.25. The first-order valence-corrected chi connectivity index (χ1v) is 6.44. The van der Waals surface area contributed by atoms with Crippen molar-refractivity contribution < 1.29 is 0 Å². The first-order chi connectivity index (χ1) is 6.83. The first kappa shape index (κ1) is 16.8. The normalized spacial score (nSPS) is 9.14. The SMILES string of the molecule is C=CCCCCCCC.[Li][CH2]CCC. The van der Waals surface area contributed by atoms with E-state index in [9.17, 15) is 0 Å². The first-order valence-electron chi connectivity index (χ1n) is 6.44. The van der Waals surface area contributed by atoms with Crippen LogP contribution in [0.1, 0.15) is 65.2 Å². The van der Waals surface area contributed by atoms with E-state index in [4.69, 9.17) is 0 Å². The van der Waals surface area contributed by atoms with Gasteiger partial charge >= 0.3 is 42.6 Å². The summed E-state index contributed by atoms with van der Waals surface area (Å²) < 4.78 is 0. The molecular formula is C13H27Li. The fourth-order valence-corrected chi connectivity index (χ4v) is 1.25. The Morgan fingerprint density at radius 2 is 1.50 bits per heavy atom. The average Bonchev–Trinajstić information content (AvgIpc) is 2.20. The van der Waals surface area contributed by atoms with Gasteiger partial charge in [-0.15, -0.1) is 6.58 Å². The van der Waals surface area contributed by atoms with Crippen LogP contribution in [0.3, 0.4) is 0 Å². The van der Waals surface area contributed by atoms with Gasteiger partial charge in [0.15, 0.2) is 0 Å². The summed E-state index contributed by atoms with van der Waals surface area (Å²) in [4.78, 5) is 0. The van der Waals surface area contributed by atoms with Crippen LogP contribution in [0, 0.1) is 0 Å². The van der Waals surface area contributed by atoms with Crippen molar-refractivity contribution in [1.82, 2.24) is 0 Å². The third-order valence-corrected chi connectivity index (χ3v) is 2.22. The van der Waals surface area contributed by atoms with Gasteiger partial charge in [0.05, 0.1) is 0 Å². The molecule has 0 rings (SSSR count). The van der Waals surface area contributed by atoms with Gasteiger partial charge < -0.3 is 0 Å². The van der Waals surface area contributed by atoms with E-state index < -0.39 is 0 Å². The Kier molecular flexibility index (Phi) is 22.7. The summed E-state index contributed by atoms with van der Waals surface area (Å²) in [5, 5.41) is 1.34. The Labute approximate surface area is 101 Å². The molecule has 0 aromatic rings. The zero-order chi connectivity index (χ0) is 11.1. The van der Waals surface area contributed by atoms with E-state index >= 15 is 0 Å². The average molecular weight is 190 g/mol. The van der Waals surface area contributed by atoms with Gasteiger partial charge in [0.1, 0.15) is 0 Å². The maximum absolute atomic E-state index is 3.68. The second kappa shape index (κ2) is 19.0. The van der Waals surface area contributed by atoms with E-state index in [-0.39, 0.29) is 0 Å². The minimum atomic E-state index is 1.20. The third-order valence-electron chi connectivity index (χ3n) is 2.22. The molecule has 0 spiro atoms. The molecule has 0 fully saturated rings. The van der Waals surface area contributed by atoms with Crippen LogP contribution in [0.25, 0.3) is 0 Å². The molecule has 1 heteroatoms. The Bertz CT molecular complexity index is 87.2. The summed E-state index contributed by atoms with van der Waals surface area (Å²) in [7, 11) is 0. The van der Waals surface area contributed by atoms with Crippen molar-refractivity contribution in [2.24, 2.45) is 0 Å². The molecule has 0 aromatic carbocycles. The molecule has 0 aliphatic rings. The van der Waals surface area contributed by atoms with E-state index in [2.05, 4.69) is 38.1 Å².